The van der Waals surface area contributed by atoms with Crippen LogP contribution in [0.1, 0.15) is 30.1 Å². The Kier molecular flexibility index (Phi) is 5.90. The van der Waals surface area contributed by atoms with Crippen LogP contribution in [0.25, 0.3) is 22.6 Å². The Morgan fingerprint density at radius 1 is 0.972 bits per heavy atom. The van der Waals surface area contributed by atoms with Gasteiger partial charge in [-0.15, -0.1) is 0 Å². The molecule has 0 aliphatic carbocycles. The molecule has 0 saturated carbocycles. The van der Waals surface area contributed by atoms with E-state index < -0.39 is 10.0 Å². The lowest BCUT2D eigenvalue weighted by molar-refractivity contribution is 0.174. The molecule has 36 heavy (non-hydrogen) atoms. The van der Waals surface area contributed by atoms with E-state index in [1.54, 1.807) is 35.0 Å². The van der Waals surface area contributed by atoms with Gasteiger partial charge in [-0.05, 0) is 60.9 Å². The van der Waals surface area contributed by atoms with E-state index >= 15 is 0 Å². The van der Waals surface area contributed by atoms with Crippen molar-refractivity contribution in [2.45, 2.75) is 24.5 Å². The lowest BCUT2D eigenvalue weighted by Crippen LogP contribution is -2.38. The molecule has 5 heterocycles. The molecule has 4 aromatic rings. The zero-order chi connectivity index (χ0) is 24.5. The molecule has 0 atom stereocenters. The number of hydrogen-bond acceptors (Lipinski definition) is 7. The number of nitrogens with zero attached hydrogens (tertiary/aromatic N) is 4. The Labute approximate surface area is 209 Å². The van der Waals surface area contributed by atoms with Gasteiger partial charge in [0.25, 0.3) is 0 Å². The molecule has 0 spiro atoms. The van der Waals surface area contributed by atoms with Crippen LogP contribution >= 0.6 is 0 Å². The number of hydrogen-bond donors (Lipinski definition) is 1. The second-order valence-corrected chi connectivity index (χ2v) is 10.9. The van der Waals surface area contributed by atoms with Gasteiger partial charge in [0.15, 0.2) is 11.5 Å². The van der Waals surface area contributed by atoms with Crippen LogP contribution in [-0.4, -0.2) is 52.5 Å². The highest BCUT2D eigenvalue weighted by Crippen LogP contribution is 2.39. The quantitative estimate of drug-likeness (QED) is 0.424. The van der Waals surface area contributed by atoms with E-state index in [0.717, 1.165) is 34.0 Å². The van der Waals surface area contributed by atoms with Crippen LogP contribution in [0.4, 0.5) is 0 Å². The average molecular weight is 504 g/mol. The number of benzene rings is 1. The summed E-state index contributed by atoms with van der Waals surface area (Å²) in [6.45, 7) is 1.12. The average Bonchev–Trinajstić information content (AvgIpc) is 3.57. The highest BCUT2D eigenvalue weighted by molar-refractivity contribution is 7.88. The molecule has 9 nitrogen and oxygen atoms in total. The number of pyridine rings is 2. The van der Waals surface area contributed by atoms with Crippen molar-refractivity contribution in [2.24, 2.45) is 0 Å². The smallest absolute Gasteiger partial charge is 0.231 e. The Morgan fingerprint density at radius 2 is 1.78 bits per heavy atom. The first-order valence-electron chi connectivity index (χ1n) is 11.8. The fourth-order valence-electron chi connectivity index (χ4n) is 4.72. The SMILES string of the molecule is O=S(=O)(Cc1ccncc1)N1CCC(c2nc(-c3ccc4c(c3)OCO4)c(-c3ccccn3)[nH]2)CC1. The number of piperidine rings is 1. The van der Waals surface area contributed by atoms with E-state index in [2.05, 4.69) is 15.0 Å². The van der Waals surface area contributed by atoms with Crippen molar-refractivity contribution in [3.8, 4) is 34.1 Å². The first kappa shape index (κ1) is 22.7. The van der Waals surface area contributed by atoms with Crippen molar-refractivity contribution in [1.29, 1.82) is 0 Å². The molecule has 0 unspecified atom stereocenters. The maximum atomic E-state index is 13.0. The van der Waals surface area contributed by atoms with E-state index in [0.29, 0.717) is 37.4 Å². The van der Waals surface area contributed by atoms with E-state index in [4.69, 9.17) is 14.5 Å². The van der Waals surface area contributed by atoms with Gasteiger partial charge < -0.3 is 14.5 Å². The number of imidazole rings is 1. The third kappa shape index (κ3) is 4.45. The topological polar surface area (TPSA) is 110 Å². The highest BCUT2D eigenvalue weighted by Gasteiger charge is 2.31. The molecule has 2 aliphatic heterocycles. The first-order valence-corrected chi connectivity index (χ1v) is 13.5. The summed E-state index contributed by atoms with van der Waals surface area (Å²) in [6, 6.07) is 15.0. The Morgan fingerprint density at radius 3 is 2.56 bits per heavy atom. The molecule has 10 heteroatoms. The van der Waals surface area contributed by atoms with Gasteiger partial charge in [-0.25, -0.2) is 17.7 Å². The molecule has 1 saturated heterocycles. The van der Waals surface area contributed by atoms with Gasteiger partial charge in [-0.2, -0.15) is 0 Å². The van der Waals surface area contributed by atoms with Crippen LogP contribution in [0.5, 0.6) is 11.5 Å². The number of fused-ring (bicyclic) bond motifs is 1. The van der Waals surface area contributed by atoms with Gasteiger partial charge in [0.2, 0.25) is 16.8 Å². The van der Waals surface area contributed by atoms with Gasteiger partial charge in [-0.3, -0.25) is 9.97 Å². The number of aromatic amines is 1. The summed E-state index contributed by atoms with van der Waals surface area (Å²) in [5, 5.41) is 0. The van der Waals surface area contributed by atoms with Crippen LogP contribution in [0, 0.1) is 0 Å². The summed E-state index contributed by atoms with van der Waals surface area (Å²) >= 11 is 0. The normalized spacial score (nSPS) is 16.3. The Bertz CT molecular complexity index is 1470. The number of H-pyrrole nitrogens is 1. The third-order valence-electron chi connectivity index (χ3n) is 6.62. The lowest BCUT2D eigenvalue weighted by atomic mass is 9.97. The Balaban J connectivity index is 1.25. The van der Waals surface area contributed by atoms with E-state index in [-0.39, 0.29) is 18.5 Å². The molecule has 1 fully saturated rings. The van der Waals surface area contributed by atoms with Crippen LogP contribution in [-0.2, 0) is 15.8 Å². The van der Waals surface area contributed by atoms with Crippen molar-refractivity contribution in [2.75, 3.05) is 19.9 Å². The molecular weight excluding hydrogens is 478 g/mol. The van der Waals surface area contributed by atoms with Gasteiger partial charge in [0.05, 0.1) is 22.8 Å². The monoisotopic (exact) mass is 503 g/mol. The van der Waals surface area contributed by atoms with Crippen LogP contribution in [0.3, 0.4) is 0 Å². The van der Waals surface area contributed by atoms with Gasteiger partial charge >= 0.3 is 0 Å². The molecule has 1 N–H and O–H groups in total. The van der Waals surface area contributed by atoms with Crippen molar-refractivity contribution in [3.05, 3.63) is 78.5 Å². The van der Waals surface area contributed by atoms with Crippen molar-refractivity contribution >= 4 is 10.0 Å². The standard InChI is InChI=1S/C26H25N5O4S/c32-36(33,16-18-6-11-27-12-7-18)31-13-8-19(9-14-31)26-29-24(25(30-26)21-3-1-2-10-28-21)20-4-5-22-23(15-20)35-17-34-22/h1-7,10-12,15,19H,8-9,13-14,16-17H2,(H,29,30). The van der Waals surface area contributed by atoms with Crippen LogP contribution < -0.4 is 9.47 Å². The molecule has 6 rings (SSSR count). The summed E-state index contributed by atoms with van der Waals surface area (Å²) in [6.07, 6.45) is 6.36. The van der Waals surface area contributed by atoms with Crippen molar-refractivity contribution in [3.63, 3.8) is 0 Å². The molecule has 184 valence electrons. The highest BCUT2D eigenvalue weighted by atomic mass is 32.2. The number of rotatable bonds is 6. The van der Waals surface area contributed by atoms with Crippen molar-refractivity contribution in [1.82, 2.24) is 24.2 Å². The third-order valence-corrected chi connectivity index (χ3v) is 8.47. The minimum atomic E-state index is -3.40. The zero-order valence-corrected chi connectivity index (χ0v) is 20.3. The molecule has 0 amide bonds. The predicted molar refractivity (Wildman–Crippen MR) is 134 cm³/mol. The predicted octanol–water partition coefficient (Wildman–Crippen LogP) is 3.97. The molecule has 3 aromatic heterocycles. The molecule has 1 aromatic carbocycles. The minimum absolute atomic E-state index is 0.0149. The fourth-order valence-corrected chi connectivity index (χ4v) is 6.29. The zero-order valence-electron chi connectivity index (χ0n) is 19.5. The van der Waals surface area contributed by atoms with E-state index in [1.165, 1.54) is 0 Å². The molecular formula is C26H25N5O4S. The summed E-state index contributed by atoms with van der Waals surface area (Å²) in [4.78, 5) is 17.0. The van der Waals surface area contributed by atoms with E-state index in [9.17, 15) is 8.42 Å². The van der Waals surface area contributed by atoms with Crippen LogP contribution in [0.15, 0.2) is 67.1 Å². The minimum Gasteiger partial charge on any atom is -0.454 e. The number of aromatic nitrogens is 4. The van der Waals surface area contributed by atoms with Crippen molar-refractivity contribution < 1.29 is 17.9 Å². The number of nitrogens with one attached hydrogen (secondary N) is 1. The summed E-state index contributed by atoms with van der Waals surface area (Å²) < 4.78 is 38.6. The fraction of sp³-hybridized carbons (Fsp3) is 0.269. The molecule has 0 bridgehead atoms. The number of sulfonamides is 1. The summed E-state index contributed by atoms with van der Waals surface area (Å²) in [5.41, 5.74) is 4.06. The largest absolute Gasteiger partial charge is 0.454 e. The van der Waals surface area contributed by atoms with Gasteiger partial charge in [0.1, 0.15) is 5.82 Å². The van der Waals surface area contributed by atoms with Gasteiger partial charge in [-0.1, -0.05) is 6.07 Å². The van der Waals surface area contributed by atoms with Crippen LogP contribution in [0.2, 0.25) is 0 Å². The summed E-state index contributed by atoms with van der Waals surface area (Å²) in [5.74, 6) is 2.35. The molecule has 2 aliphatic rings. The first-order chi connectivity index (χ1) is 17.6. The molecule has 0 radical (unpaired) electrons. The Hall–Kier alpha value is -3.76. The van der Waals surface area contributed by atoms with Gasteiger partial charge in [0, 0.05) is 43.2 Å². The second-order valence-electron chi connectivity index (χ2n) is 8.91. The second kappa shape index (κ2) is 9.36. The number of ether oxygens (including phenoxy) is 2. The maximum Gasteiger partial charge on any atom is 0.231 e. The summed E-state index contributed by atoms with van der Waals surface area (Å²) in [7, 11) is -3.40. The maximum absolute atomic E-state index is 13.0. The van der Waals surface area contributed by atoms with E-state index in [1.807, 2.05) is 36.4 Å². The lowest BCUT2D eigenvalue weighted by Gasteiger charge is -2.30.